The lowest BCUT2D eigenvalue weighted by atomic mass is 9.73. The van der Waals surface area contributed by atoms with Gasteiger partial charge in [-0.2, -0.15) is 0 Å². The minimum atomic E-state index is -0.240. The van der Waals surface area contributed by atoms with Gasteiger partial charge in [0, 0.05) is 17.5 Å². The van der Waals surface area contributed by atoms with Gasteiger partial charge in [0.05, 0.1) is 11.0 Å². The maximum atomic E-state index is 12.7. The van der Waals surface area contributed by atoms with Crippen LogP contribution in [0.3, 0.4) is 0 Å². The van der Waals surface area contributed by atoms with Crippen molar-refractivity contribution in [2.24, 2.45) is 5.92 Å². The van der Waals surface area contributed by atoms with Crippen molar-refractivity contribution in [3.05, 3.63) is 16.6 Å². The summed E-state index contributed by atoms with van der Waals surface area (Å²) in [6.07, 6.45) is 6.67. The number of likely N-dealkylation sites (N-methyl/N-ethyl adjacent to an activating group) is 1. The minimum Gasteiger partial charge on any atom is -0.297 e. The summed E-state index contributed by atoms with van der Waals surface area (Å²) in [7, 11) is 4.08. The summed E-state index contributed by atoms with van der Waals surface area (Å²) in [5, 5.41) is 0. The molecule has 0 spiro atoms. The first-order valence-corrected chi connectivity index (χ1v) is 7.50. The molecular formula is C14H22N2OS. The summed E-state index contributed by atoms with van der Waals surface area (Å²) in [6, 6.07) is 0. The zero-order valence-electron chi connectivity index (χ0n) is 11.5. The normalized spacial score (nSPS) is 28.6. The number of hydrogen-bond acceptors (Lipinski definition) is 4. The van der Waals surface area contributed by atoms with Crippen LogP contribution < -0.4 is 0 Å². The van der Waals surface area contributed by atoms with E-state index in [0.29, 0.717) is 12.2 Å². The van der Waals surface area contributed by atoms with Crippen molar-refractivity contribution in [3.63, 3.8) is 0 Å². The average Bonchev–Trinajstić information content (AvgIpc) is 2.82. The Balaban J connectivity index is 2.12. The molecule has 2 rings (SSSR count). The molecule has 0 unspecified atom stereocenters. The first-order chi connectivity index (χ1) is 8.54. The molecule has 0 aliphatic heterocycles. The summed E-state index contributed by atoms with van der Waals surface area (Å²) in [5.41, 5.74) is 1.56. The van der Waals surface area contributed by atoms with Gasteiger partial charge in [-0.15, -0.1) is 11.3 Å². The molecule has 0 radical (unpaired) electrons. The van der Waals surface area contributed by atoms with E-state index in [4.69, 9.17) is 0 Å². The zero-order chi connectivity index (χ0) is 13.2. The topological polar surface area (TPSA) is 33.2 Å². The van der Waals surface area contributed by atoms with E-state index in [1.807, 2.05) is 20.3 Å². The predicted molar refractivity (Wildman–Crippen MR) is 74.9 cm³/mol. The molecule has 1 heterocycles. The first kappa shape index (κ1) is 13.7. The van der Waals surface area contributed by atoms with Crippen molar-refractivity contribution >= 4 is 17.1 Å². The SMILES string of the molecule is CC1CCC(C(=O)Cc2cncs2)(N(C)C)CC1. The highest BCUT2D eigenvalue weighted by molar-refractivity contribution is 7.09. The fourth-order valence-corrected chi connectivity index (χ4v) is 3.46. The van der Waals surface area contributed by atoms with E-state index in [1.165, 1.54) is 0 Å². The van der Waals surface area contributed by atoms with Gasteiger partial charge in [0.15, 0.2) is 5.78 Å². The molecule has 3 nitrogen and oxygen atoms in total. The molecule has 18 heavy (non-hydrogen) atoms. The summed E-state index contributed by atoms with van der Waals surface area (Å²) in [6.45, 7) is 2.28. The first-order valence-electron chi connectivity index (χ1n) is 6.63. The van der Waals surface area contributed by atoms with Gasteiger partial charge in [0.1, 0.15) is 0 Å². The van der Waals surface area contributed by atoms with Crippen LogP contribution in [-0.4, -0.2) is 35.3 Å². The van der Waals surface area contributed by atoms with E-state index in [-0.39, 0.29) is 5.54 Å². The van der Waals surface area contributed by atoms with Crippen LogP contribution in [0.15, 0.2) is 11.7 Å². The van der Waals surface area contributed by atoms with E-state index in [9.17, 15) is 4.79 Å². The molecule has 1 aliphatic rings. The molecule has 0 saturated heterocycles. The van der Waals surface area contributed by atoms with Gasteiger partial charge in [-0.1, -0.05) is 6.92 Å². The highest BCUT2D eigenvalue weighted by Crippen LogP contribution is 2.36. The highest BCUT2D eigenvalue weighted by Gasteiger charge is 2.42. The fraction of sp³-hybridized carbons (Fsp3) is 0.714. The van der Waals surface area contributed by atoms with Crippen LogP contribution in [0, 0.1) is 5.92 Å². The molecule has 1 fully saturated rings. The molecule has 0 amide bonds. The minimum absolute atomic E-state index is 0.240. The maximum absolute atomic E-state index is 12.7. The van der Waals surface area contributed by atoms with Gasteiger partial charge < -0.3 is 0 Å². The Morgan fingerprint density at radius 3 is 2.67 bits per heavy atom. The van der Waals surface area contributed by atoms with Crippen LogP contribution in [0.1, 0.15) is 37.5 Å². The third-order valence-electron chi connectivity index (χ3n) is 4.29. The fourth-order valence-electron chi connectivity index (χ4n) is 2.87. The monoisotopic (exact) mass is 266 g/mol. The van der Waals surface area contributed by atoms with Crippen molar-refractivity contribution in [1.29, 1.82) is 0 Å². The van der Waals surface area contributed by atoms with E-state index >= 15 is 0 Å². The lowest BCUT2D eigenvalue weighted by Crippen LogP contribution is -2.53. The maximum Gasteiger partial charge on any atom is 0.158 e. The number of carbonyl (C=O) groups excluding carboxylic acids is 1. The Kier molecular flexibility index (Phi) is 4.17. The number of Topliss-reactive ketones (excluding diaryl/α,β-unsaturated/α-hetero) is 1. The standard InChI is InChI=1S/C14H22N2OS/c1-11-4-6-14(7-5-11,16(2)3)13(17)8-12-9-15-10-18-12/h9-11H,4-8H2,1-3H3. The summed E-state index contributed by atoms with van der Waals surface area (Å²) < 4.78 is 0. The highest BCUT2D eigenvalue weighted by atomic mass is 32.1. The number of carbonyl (C=O) groups is 1. The van der Waals surface area contributed by atoms with Crippen molar-refractivity contribution < 1.29 is 4.79 Å². The van der Waals surface area contributed by atoms with Crippen LogP contribution in [0.2, 0.25) is 0 Å². The molecule has 0 bridgehead atoms. The number of hydrogen-bond donors (Lipinski definition) is 0. The molecule has 0 aromatic carbocycles. The largest absolute Gasteiger partial charge is 0.297 e. The molecule has 0 atom stereocenters. The molecule has 1 aromatic rings. The van der Waals surface area contributed by atoms with Crippen LogP contribution in [-0.2, 0) is 11.2 Å². The van der Waals surface area contributed by atoms with Crippen LogP contribution in [0.4, 0.5) is 0 Å². The second-order valence-corrected chi connectivity index (χ2v) is 6.65. The average molecular weight is 266 g/mol. The third-order valence-corrected chi connectivity index (χ3v) is 5.07. The van der Waals surface area contributed by atoms with Crippen LogP contribution >= 0.6 is 11.3 Å². The second-order valence-electron chi connectivity index (χ2n) is 5.68. The lowest BCUT2D eigenvalue weighted by molar-refractivity contribution is -0.131. The number of rotatable bonds is 4. The number of thiazole rings is 1. The van der Waals surface area contributed by atoms with E-state index < -0.39 is 0 Å². The summed E-state index contributed by atoms with van der Waals surface area (Å²) >= 11 is 1.58. The number of nitrogens with zero attached hydrogens (tertiary/aromatic N) is 2. The van der Waals surface area contributed by atoms with Crippen molar-refractivity contribution in [3.8, 4) is 0 Å². The molecule has 100 valence electrons. The second kappa shape index (κ2) is 5.49. The predicted octanol–water partition coefficient (Wildman–Crippen LogP) is 2.77. The third kappa shape index (κ3) is 2.64. The van der Waals surface area contributed by atoms with Gasteiger partial charge in [0.2, 0.25) is 0 Å². The van der Waals surface area contributed by atoms with E-state index in [1.54, 1.807) is 16.8 Å². The van der Waals surface area contributed by atoms with Crippen molar-refractivity contribution in [2.75, 3.05) is 14.1 Å². The molecule has 1 saturated carbocycles. The van der Waals surface area contributed by atoms with Crippen LogP contribution in [0.25, 0.3) is 0 Å². The smallest absolute Gasteiger partial charge is 0.158 e. The molecule has 1 aromatic heterocycles. The Hall–Kier alpha value is -0.740. The van der Waals surface area contributed by atoms with Crippen LogP contribution in [0.5, 0.6) is 0 Å². The van der Waals surface area contributed by atoms with Gasteiger partial charge in [-0.25, -0.2) is 0 Å². The molecule has 1 aliphatic carbocycles. The van der Waals surface area contributed by atoms with Crippen molar-refractivity contribution in [2.45, 2.75) is 44.6 Å². The van der Waals surface area contributed by atoms with Crippen molar-refractivity contribution in [1.82, 2.24) is 9.88 Å². The number of ketones is 1. The van der Waals surface area contributed by atoms with E-state index in [0.717, 1.165) is 36.5 Å². The zero-order valence-corrected chi connectivity index (χ0v) is 12.3. The summed E-state index contributed by atoms with van der Waals surface area (Å²) in [5.74, 6) is 1.12. The van der Waals surface area contributed by atoms with Gasteiger partial charge in [-0.3, -0.25) is 14.7 Å². The Bertz CT molecular complexity index is 392. The van der Waals surface area contributed by atoms with Gasteiger partial charge >= 0.3 is 0 Å². The quantitative estimate of drug-likeness (QED) is 0.840. The number of aromatic nitrogens is 1. The lowest BCUT2D eigenvalue weighted by Gasteiger charge is -2.43. The Morgan fingerprint density at radius 2 is 2.17 bits per heavy atom. The molecule has 4 heteroatoms. The molecule has 0 N–H and O–H groups in total. The molecular weight excluding hydrogens is 244 g/mol. The Morgan fingerprint density at radius 1 is 1.50 bits per heavy atom. The Labute approximate surface area is 113 Å². The van der Waals surface area contributed by atoms with Gasteiger partial charge in [0.25, 0.3) is 0 Å². The summed E-state index contributed by atoms with van der Waals surface area (Å²) in [4.78, 5) is 19.9. The van der Waals surface area contributed by atoms with Gasteiger partial charge in [-0.05, 0) is 45.7 Å². The van der Waals surface area contributed by atoms with E-state index in [2.05, 4.69) is 16.8 Å².